The topological polar surface area (TPSA) is 87.7 Å². The molecule has 0 aromatic rings. The van der Waals surface area contributed by atoms with Crippen LogP contribution in [-0.2, 0) is 9.53 Å². The summed E-state index contributed by atoms with van der Waals surface area (Å²) < 4.78 is 4.94. The number of ether oxygens (including phenoxy) is 1. The van der Waals surface area contributed by atoms with Crippen LogP contribution in [0.15, 0.2) is 0 Å². The maximum Gasteiger partial charge on any atom is 0.314 e. The van der Waals surface area contributed by atoms with Gasteiger partial charge in [-0.05, 0) is 32.1 Å². The summed E-state index contributed by atoms with van der Waals surface area (Å²) in [5, 5.41) is 14.1. The second kappa shape index (κ2) is 14.1. The van der Waals surface area contributed by atoms with Gasteiger partial charge in [-0.15, -0.1) is 0 Å². The number of nitrogens with one attached hydrogen (secondary N) is 2. The average Bonchev–Trinajstić information content (AvgIpc) is 2.41. The number of hydrogen-bond donors (Lipinski definition) is 3. The fourth-order valence-electron chi connectivity index (χ4n) is 1.77. The van der Waals surface area contributed by atoms with Crippen LogP contribution in [0.1, 0.15) is 51.4 Å². The molecular weight excluding hydrogens is 260 g/mol. The first-order chi connectivity index (χ1) is 9.66. The second-order valence-electron chi connectivity index (χ2n) is 4.79. The minimum absolute atomic E-state index is 0.123. The lowest BCUT2D eigenvalue weighted by Gasteiger charge is -2.07. The number of carbonyl (C=O) groups excluding carboxylic acids is 1. The molecule has 0 aromatic heterocycles. The van der Waals surface area contributed by atoms with Crippen LogP contribution < -0.4 is 10.6 Å². The van der Waals surface area contributed by atoms with Crippen LogP contribution in [0.5, 0.6) is 0 Å². The quantitative estimate of drug-likeness (QED) is 0.453. The highest BCUT2D eigenvalue weighted by Gasteiger charge is 1.99. The molecule has 0 aliphatic carbocycles. The summed E-state index contributed by atoms with van der Waals surface area (Å²) in [6.45, 7) is 2.10. The van der Waals surface area contributed by atoms with E-state index in [-0.39, 0.29) is 12.5 Å². The molecule has 0 unspecified atom stereocenters. The lowest BCUT2D eigenvalue weighted by atomic mass is 10.1. The van der Waals surface area contributed by atoms with E-state index in [1.807, 2.05) is 0 Å². The van der Waals surface area contributed by atoms with Gasteiger partial charge >= 0.3 is 12.0 Å². The number of urea groups is 1. The van der Waals surface area contributed by atoms with Gasteiger partial charge in [-0.1, -0.05) is 12.8 Å². The Labute approximate surface area is 121 Å². The minimum Gasteiger partial charge on any atom is -0.481 e. The number of carbonyl (C=O) groups is 2. The van der Waals surface area contributed by atoms with Gasteiger partial charge in [0.15, 0.2) is 0 Å². The molecule has 20 heavy (non-hydrogen) atoms. The van der Waals surface area contributed by atoms with Gasteiger partial charge in [-0.3, -0.25) is 4.79 Å². The highest BCUT2D eigenvalue weighted by Crippen LogP contribution is 2.02. The SMILES string of the molecule is COCCCCCNC(=O)NCCCCCCC(=O)O. The zero-order valence-electron chi connectivity index (χ0n) is 12.5. The van der Waals surface area contributed by atoms with E-state index in [9.17, 15) is 9.59 Å². The van der Waals surface area contributed by atoms with E-state index < -0.39 is 5.97 Å². The van der Waals surface area contributed by atoms with Gasteiger partial charge in [-0.2, -0.15) is 0 Å². The highest BCUT2D eigenvalue weighted by molar-refractivity contribution is 5.73. The molecule has 0 aliphatic rings. The fraction of sp³-hybridized carbons (Fsp3) is 0.857. The molecule has 6 heteroatoms. The van der Waals surface area contributed by atoms with Gasteiger partial charge in [0.25, 0.3) is 0 Å². The van der Waals surface area contributed by atoms with Crippen molar-refractivity contribution in [1.82, 2.24) is 10.6 Å². The highest BCUT2D eigenvalue weighted by atomic mass is 16.5. The van der Waals surface area contributed by atoms with Crippen LogP contribution in [-0.4, -0.2) is 43.9 Å². The van der Waals surface area contributed by atoms with Gasteiger partial charge in [0.1, 0.15) is 0 Å². The molecule has 0 aliphatic heterocycles. The Kier molecular flexibility index (Phi) is 13.2. The van der Waals surface area contributed by atoms with Crippen molar-refractivity contribution in [2.24, 2.45) is 0 Å². The molecule has 3 N–H and O–H groups in total. The predicted octanol–water partition coefficient (Wildman–Crippen LogP) is 2.14. The number of hydrogen-bond acceptors (Lipinski definition) is 3. The Bertz CT molecular complexity index is 260. The number of rotatable bonds is 13. The van der Waals surface area contributed by atoms with Crippen LogP contribution in [0.4, 0.5) is 4.79 Å². The molecule has 0 saturated heterocycles. The molecule has 0 heterocycles. The summed E-state index contributed by atoms with van der Waals surface area (Å²) >= 11 is 0. The van der Waals surface area contributed by atoms with Crippen LogP contribution >= 0.6 is 0 Å². The summed E-state index contributed by atoms with van der Waals surface area (Å²) in [5.74, 6) is -0.743. The zero-order chi connectivity index (χ0) is 15.1. The Morgan fingerprint density at radius 1 is 0.900 bits per heavy atom. The Morgan fingerprint density at radius 2 is 1.45 bits per heavy atom. The van der Waals surface area contributed by atoms with Crippen molar-refractivity contribution in [3.8, 4) is 0 Å². The van der Waals surface area contributed by atoms with E-state index in [0.29, 0.717) is 19.5 Å². The Balaban J connectivity index is 3.18. The maximum atomic E-state index is 11.4. The summed E-state index contributed by atoms with van der Waals surface area (Å²) in [6, 6.07) is -0.123. The van der Waals surface area contributed by atoms with Crippen LogP contribution in [0.2, 0.25) is 0 Å². The third-order valence-corrected chi connectivity index (χ3v) is 2.91. The molecule has 0 atom stereocenters. The van der Waals surface area contributed by atoms with E-state index in [4.69, 9.17) is 9.84 Å². The van der Waals surface area contributed by atoms with Gasteiger partial charge in [0, 0.05) is 33.2 Å². The molecule has 0 fully saturated rings. The molecule has 2 amide bonds. The largest absolute Gasteiger partial charge is 0.481 e. The molecule has 6 nitrogen and oxygen atoms in total. The molecule has 0 rings (SSSR count). The lowest BCUT2D eigenvalue weighted by molar-refractivity contribution is -0.137. The zero-order valence-corrected chi connectivity index (χ0v) is 12.5. The van der Waals surface area contributed by atoms with Crippen molar-refractivity contribution in [3.63, 3.8) is 0 Å². The summed E-state index contributed by atoms with van der Waals surface area (Å²) in [5.41, 5.74) is 0. The fourth-order valence-corrected chi connectivity index (χ4v) is 1.77. The Morgan fingerprint density at radius 3 is 2.00 bits per heavy atom. The number of amides is 2. The molecule has 0 aromatic carbocycles. The van der Waals surface area contributed by atoms with E-state index in [1.54, 1.807) is 7.11 Å². The maximum absolute atomic E-state index is 11.4. The van der Waals surface area contributed by atoms with Gasteiger partial charge in [-0.25, -0.2) is 4.79 Å². The number of carboxylic acids is 1. The monoisotopic (exact) mass is 288 g/mol. The molecule has 0 spiro atoms. The normalized spacial score (nSPS) is 10.2. The van der Waals surface area contributed by atoms with Crippen molar-refractivity contribution in [2.45, 2.75) is 51.4 Å². The van der Waals surface area contributed by atoms with Crippen molar-refractivity contribution in [1.29, 1.82) is 0 Å². The smallest absolute Gasteiger partial charge is 0.314 e. The van der Waals surface area contributed by atoms with Crippen molar-refractivity contribution in [2.75, 3.05) is 26.8 Å². The standard InChI is InChI=1S/C14H28N2O4/c1-20-12-8-4-7-11-16-14(19)15-10-6-3-2-5-9-13(17)18/h2-12H2,1H3,(H,17,18)(H2,15,16,19). The number of carboxylic acid groups (broad SMARTS) is 1. The predicted molar refractivity (Wildman–Crippen MR) is 77.8 cm³/mol. The number of unbranched alkanes of at least 4 members (excludes halogenated alkanes) is 5. The van der Waals surface area contributed by atoms with Crippen molar-refractivity contribution < 1.29 is 19.4 Å². The first-order valence-corrected chi connectivity index (χ1v) is 7.39. The van der Waals surface area contributed by atoms with E-state index in [2.05, 4.69) is 10.6 Å². The lowest BCUT2D eigenvalue weighted by Crippen LogP contribution is -2.36. The van der Waals surface area contributed by atoms with Crippen LogP contribution in [0.25, 0.3) is 0 Å². The number of methoxy groups -OCH3 is 1. The van der Waals surface area contributed by atoms with Gasteiger partial charge in [0.05, 0.1) is 0 Å². The summed E-state index contributed by atoms with van der Waals surface area (Å²) in [4.78, 5) is 21.7. The van der Waals surface area contributed by atoms with E-state index >= 15 is 0 Å². The minimum atomic E-state index is -0.743. The van der Waals surface area contributed by atoms with Crippen LogP contribution in [0, 0.1) is 0 Å². The van der Waals surface area contributed by atoms with Gasteiger partial charge < -0.3 is 20.5 Å². The van der Waals surface area contributed by atoms with Crippen LogP contribution in [0.3, 0.4) is 0 Å². The first kappa shape index (κ1) is 18.7. The number of aliphatic carboxylic acids is 1. The Hall–Kier alpha value is -1.30. The van der Waals surface area contributed by atoms with Gasteiger partial charge in [0.2, 0.25) is 0 Å². The third kappa shape index (κ3) is 14.8. The van der Waals surface area contributed by atoms with Crippen molar-refractivity contribution >= 4 is 12.0 Å². The molecule has 0 saturated carbocycles. The van der Waals surface area contributed by atoms with E-state index in [0.717, 1.165) is 45.1 Å². The molecular formula is C14H28N2O4. The average molecular weight is 288 g/mol. The third-order valence-electron chi connectivity index (χ3n) is 2.91. The summed E-state index contributed by atoms with van der Waals surface area (Å²) in [7, 11) is 1.69. The second-order valence-corrected chi connectivity index (χ2v) is 4.79. The summed E-state index contributed by atoms with van der Waals surface area (Å²) in [6.07, 6.45) is 6.72. The first-order valence-electron chi connectivity index (χ1n) is 7.39. The molecule has 118 valence electrons. The van der Waals surface area contributed by atoms with E-state index in [1.165, 1.54) is 0 Å². The molecule has 0 bridgehead atoms. The van der Waals surface area contributed by atoms with Crippen molar-refractivity contribution in [3.05, 3.63) is 0 Å². The molecule has 0 radical (unpaired) electrons.